The Kier molecular flexibility index (Phi) is 6.22. The topological polar surface area (TPSA) is 38.0 Å². The molecule has 0 bridgehead atoms. The van der Waals surface area contributed by atoms with Gasteiger partial charge in [-0.1, -0.05) is 115 Å². The second-order valence-corrected chi connectivity index (χ2v) is 11.9. The number of fused-ring (bicyclic) bond motifs is 6. The van der Waals surface area contributed by atoms with Gasteiger partial charge in [-0.3, -0.25) is 0 Å². The largest absolute Gasteiger partial charge is 0.310 e. The molecule has 0 aliphatic heterocycles. The van der Waals surface area contributed by atoms with Gasteiger partial charge in [-0.2, -0.15) is 5.26 Å². The van der Waals surface area contributed by atoms with Gasteiger partial charge >= 0.3 is 0 Å². The second kappa shape index (κ2) is 10.9. The molecule has 9 rings (SSSR count). The number of para-hydroxylation sites is 4. The summed E-state index contributed by atoms with van der Waals surface area (Å²) in [4.78, 5) is 3.69. The van der Waals surface area contributed by atoms with Crippen LogP contribution in [-0.2, 0) is 0 Å². The highest BCUT2D eigenvalue weighted by molar-refractivity contribution is 6.11. The summed E-state index contributed by atoms with van der Waals surface area (Å²) in [7, 11) is 0. The zero-order valence-corrected chi connectivity index (χ0v) is 25.8. The van der Waals surface area contributed by atoms with Crippen molar-refractivity contribution in [3.05, 3.63) is 175 Å². The van der Waals surface area contributed by atoms with E-state index in [-0.39, 0.29) is 0 Å². The number of nitrogens with zero attached hydrogens (tertiary/aromatic N) is 4. The van der Waals surface area contributed by atoms with E-state index in [0.29, 0.717) is 11.3 Å². The van der Waals surface area contributed by atoms with Gasteiger partial charge in [-0.05, 0) is 53.6 Å². The lowest BCUT2D eigenvalue weighted by Crippen LogP contribution is -1.99. The van der Waals surface area contributed by atoms with E-state index in [1.165, 1.54) is 10.8 Å². The lowest BCUT2D eigenvalue weighted by Gasteiger charge is -2.18. The van der Waals surface area contributed by atoms with Crippen LogP contribution in [0.1, 0.15) is 5.56 Å². The molecule has 0 saturated heterocycles. The molecule has 2 aromatic heterocycles. The molecule has 0 atom stereocenters. The molecule has 0 aliphatic carbocycles. The summed E-state index contributed by atoms with van der Waals surface area (Å²) in [6.07, 6.45) is 0. The SMILES string of the molecule is [C-]#[N+]c1ccc2c3ccccc3n(-c3ccc(-c4ccccc4-c4ccccc4-n4c5ccccc5c5ccccc54)c(C#N)c3)c2c1. The van der Waals surface area contributed by atoms with Crippen LogP contribution in [0.25, 0.3) is 82.1 Å². The molecule has 222 valence electrons. The van der Waals surface area contributed by atoms with E-state index in [0.717, 1.165) is 66.5 Å². The Morgan fingerprint density at radius 2 is 0.979 bits per heavy atom. The highest BCUT2D eigenvalue weighted by Gasteiger charge is 2.19. The number of hydrogen-bond donors (Lipinski definition) is 0. The van der Waals surface area contributed by atoms with Gasteiger partial charge in [-0.15, -0.1) is 0 Å². The van der Waals surface area contributed by atoms with Gasteiger partial charge in [0, 0.05) is 43.9 Å². The third-order valence-corrected chi connectivity index (χ3v) is 9.40. The molecule has 4 heteroatoms. The molecule has 0 spiro atoms. The maximum atomic E-state index is 10.6. The van der Waals surface area contributed by atoms with E-state index in [9.17, 15) is 5.26 Å². The van der Waals surface area contributed by atoms with E-state index < -0.39 is 0 Å². The molecule has 48 heavy (non-hydrogen) atoms. The first-order chi connectivity index (χ1) is 23.7. The van der Waals surface area contributed by atoms with Crippen molar-refractivity contribution in [1.29, 1.82) is 5.26 Å². The zero-order chi connectivity index (χ0) is 32.2. The van der Waals surface area contributed by atoms with Crippen molar-refractivity contribution in [2.24, 2.45) is 0 Å². The average Bonchev–Trinajstić information content (AvgIpc) is 3.67. The first kappa shape index (κ1) is 27.4. The fourth-order valence-electron chi connectivity index (χ4n) is 7.34. The summed E-state index contributed by atoms with van der Waals surface area (Å²) in [5.74, 6) is 0. The van der Waals surface area contributed by atoms with Gasteiger partial charge in [0.05, 0.1) is 40.4 Å². The first-order valence-electron chi connectivity index (χ1n) is 15.9. The Hall–Kier alpha value is -6.88. The lowest BCUT2D eigenvalue weighted by atomic mass is 9.91. The van der Waals surface area contributed by atoms with Crippen LogP contribution in [0.5, 0.6) is 0 Å². The fourth-order valence-corrected chi connectivity index (χ4v) is 7.34. The van der Waals surface area contributed by atoms with Crippen molar-refractivity contribution in [3.63, 3.8) is 0 Å². The maximum Gasteiger partial charge on any atom is 0.189 e. The molecule has 0 radical (unpaired) electrons. The summed E-state index contributed by atoms with van der Waals surface area (Å²) in [5.41, 5.74) is 11.4. The van der Waals surface area contributed by atoms with Gasteiger partial charge in [0.1, 0.15) is 0 Å². The monoisotopic (exact) mass is 610 g/mol. The number of benzene rings is 7. The van der Waals surface area contributed by atoms with E-state index in [4.69, 9.17) is 6.57 Å². The van der Waals surface area contributed by atoms with Crippen molar-refractivity contribution in [2.45, 2.75) is 0 Å². The number of nitriles is 1. The van der Waals surface area contributed by atoms with E-state index in [1.54, 1.807) is 0 Å². The predicted molar refractivity (Wildman–Crippen MR) is 197 cm³/mol. The third-order valence-electron chi connectivity index (χ3n) is 9.40. The number of aromatic nitrogens is 2. The minimum absolute atomic E-state index is 0.583. The van der Waals surface area contributed by atoms with E-state index in [2.05, 4.69) is 135 Å². The molecule has 0 unspecified atom stereocenters. The van der Waals surface area contributed by atoms with Crippen LogP contribution < -0.4 is 0 Å². The molecule has 2 heterocycles. The number of hydrogen-bond acceptors (Lipinski definition) is 1. The maximum absolute atomic E-state index is 10.6. The average molecular weight is 611 g/mol. The molecular weight excluding hydrogens is 585 g/mol. The Balaban J connectivity index is 1.25. The molecule has 0 N–H and O–H groups in total. The third kappa shape index (κ3) is 4.07. The van der Waals surface area contributed by atoms with E-state index in [1.807, 2.05) is 42.5 Å². The zero-order valence-electron chi connectivity index (χ0n) is 25.8. The lowest BCUT2D eigenvalue weighted by molar-refractivity contribution is 1.18. The Bertz CT molecular complexity index is 2760. The Morgan fingerprint density at radius 1 is 0.458 bits per heavy atom. The normalized spacial score (nSPS) is 11.3. The summed E-state index contributed by atoms with van der Waals surface area (Å²) in [6, 6.07) is 56.7. The molecular formula is C44H26N4. The van der Waals surface area contributed by atoms with Crippen molar-refractivity contribution in [2.75, 3.05) is 0 Å². The molecule has 0 fully saturated rings. The second-order valence-electron chi connectivity index (χ2n) is 11.9. The van der Waals surface area contributed by atoms with Gasteiger partial charge in [0.25, 0.3) is 0 Å². The van der Waals surface area contributed by atoms with Crippen LogP contribution in [0.2, 0.25) is 0 Å². The van der Waals surface area contributed by atoms with Crippen molar-refractivity contribution < 1.29 is 0 Å². The first-order valence-corrected chi connectivity index (χ1v) is 15.9. The van der Waals surface area contributed by atoms with Crippen molar-refractivity contribution in [1.82, 2.24) is 9.13 Å². The summed E-state index contributed by atoms with van der Waals surface area (Å²) in [6.45, 7) is 7.62. The molecule has 0 aliphatic rings. The van der Waals surface area contributed by atoms with Crippen LogP contribution >= 0.6 is 0 Å². The molecule has 4 nitrogen and oxygen atoms in total. The van der Waals surface area contributed by atoms with Gasteiger partial charge < -0.3 is 9.13 Å². The van der Waals surface area contributed by atoms with Crippen molar-refractivity contribution in [3.8, 4) is 39.7 Å². The highest BCUT2D eigenvalue weighted by Crippen LogP contribution is 2.41. The quantitative estimate of drug-likeness (QED) is 0.183. The van der Waals surface area contributed by atoms with Gasteiger partial charge in [0.2, 0.25) is 0 Å². The van der Waals surface area contributed by atoms with Crippen LogP contribution in [0.3, 0.4) is 0 Å². The van der Waals surface area contributed by atoms with Gasteiger partial charge in [-0.25, -0.2) is 4.85 Å². The number of rotatable bonds is 4. The van der Waals surface area contributed by atoms with Crippen molar-refractivity contribution >= 4 is 49.3 Å². The Morgan fingerprint density at radius 3 is 1.60 bits per heavy atom. The van der Waals surface area contributed by atoms with Crippen LogP contribution in [0.4, 0.5) is 5.69 Å². The minimum atomic E-state index is 0.583. The fraction of sp³-hybridized carbons (Fsp3) is 0. The summed E-state index contributed by atoms with van der Waals surface area (Å²) < 4.78 is 4.51. The van der Waals surface area contributed by atoms with Gasteiger partial charge in [0.15, 0.2) is 5.69 Å². The molecule has 9 aromatic rings. The molecule has 0 saturated carbocycles. The van der Waals surface area contributed by atoms with E-state index >= 15 is 0 Å². The highest BCUT2D eigenvalue weighted by atomic mass is 15.0. The Labute approximate surface area is 277 Å². The van der Waals surface area contributed by atoms with Crippen LogP contribution in [0.15, 0.2) is 158 Å². The molecule has 0 amide bonds. The molecule has 7 aromatic carbocycles. The summed E-state index contributed by atoms with van der Waals surface area (Å²) >= 11 is 0. The smallest absolute Gasteiger partial charge is 0.189 e. The summed E-state index contributed by atoms with van der Waals surface area (Å²) in [5, 5.41) is 15.2. The van der Waals surface area contributed by atoms with Crippen LogP contribution in [-0.4, -0.2) is 9.13 Å². The van der Waals surface area contributed by atoms with Crippen LogP contribution in [0, 0.1) is 17.9 Å². The minimum Gasteiger partial charge on any atom is -0.310 e. The standard InChI is InChI=1S/C44H26N4/c1-46-30-22-24-39-38-17-5-8-18-40(38)47(44(39)27-30)31-23-25-32(29(26-31)28-45)33-12-2-3-13-34(33)35-14-4-9-19-41(35)48-42-20-10-6-15-36(42)37-16-7-11-21-43(37)48/h2-27H. The predicted octanol–water partition coefficient (Wildman–Crippen LogP) is 11.6.